The van der Waals surface area contributed by atoms with Crippen LogP contribution in [0.5, 0.6) is 11.5 Å². The first kappa shape index (κ1) is 32.1. The topological polar surface area (TPSA) is 131 Å². The van der Waals surface area contributed by atoms with Gasteiger partial charge < -0.3 is 24.7 Å². The van der Waals surface area contributed by atoms with Gasteiger partial charge >= 0.3 is 23.9 Å². The SMILES string of the molecule is CCCCC(=O)O[C@@H](C)CC(N)(Cc1ccc(OC(=O)C(C)(C)C)c(OC(=O)C(C)(C)C)c1)C(=O)OC. The molecule has 9 heteroatoms. The maximum atomic E-state index is 12.7. The molecule has 208 valence electrons. The number of nitrogens with two attached hydrogens (primary N) is 1. The number of methoxy groups -OCH3 is 1. The van der Waals surface area contributed by atoms with Gasteiger partial charge in [0.15, 0.2) is 11.5 Å². The molecular formula is C28H43NO8. The van der Waals surface area contributed by atoms with Crippen LogP contribution in [-0.2, 0) is 35.1 Å². The fourth-order valence-corrected chi connectivity index (χ4v) is 3.29. The second-order valence-corrected chi connectivity index (χ2v) is 11.5. The summed E-state index contributed by atoms with van der Waals surface area (Å²) in [6.45, 7) is 13.9. The minimum atomic E-state index is -1.53. The van der Waals surface area contributed by atoms with E-state index in [-0.39, 0.29) is 36.7 Å². The molecule has 1 unspecified atom stereocenters. The molecule has 0 heterocycles. The Kier molecular flexibility index (Phi) is 11.3. The lowest BCUT2D eigenvalue weighted by Crippen LogP contribution is -2.53. The third-order valence-corrected chi connectivity index (χ3v) is 5.47. The maximum Gasteiger partial charge on any atom is 0.326 e. The molecule has 1 aromatic carbocycles. The van der Waals surface area contributed by atoms with Crippen molar-refractivity contribution in [1.82, 2.24) is 0 Å². The number of esters is 4. The number of unbranched alkanes of at least 4 members (excludes halogenated alkanes) is 1. The summed E-state index contributed by atoms with van der Waals surface area (Å²) in [7, 11) is 1.23. The summed E-state index contributed by atoms with van der Waals surface area (Å²) in [6.07, 6.45) is 1.21. The van der Waals surface area contributed by atoms with Gasteiger partial charge in [-0.05, 0) is 72.6 Å². The molecule has 0 fully saturated rings. The second kappa shape index (κ2) is 13.0. The van der Waals surface area contributed by atoms with Crippen molar-refractivity contribution < 1.29 is 38.1 Å². The predicted molar refractivity (Wildman–Crippen MR) is 139 cm³/mol. The van der Waals surface area contributed by atoms with Crippen LogP contribution >= 0.6 is 0 Å². The highest BCUT2D eigenvalue weighted by Crippen LogP contribution is 2.34. The quantitative estimate of drug-likeness (QED) is 0.330. The Morgan fingerprint density at radius 1 is 0.892 bits per heavy atom. The highest BCUT2D eigenvalue weighted by Gasteiger charge is 2.38. The summed E-state index contributed by atoms with van der Waals surface area (Å²) < 4.78 is 21.5. The molecule has 0 aliphatic carbocycles. The van der Waals surface area contributed by atoms with Gasteiger partial charge in [-0.3, -0.25) is 19.2 Å². The van der Waals surface area contributed by atoms with Gasteiger partial charge in [0.1, 0.15) is 11.6 Å². The van der Waals surface area contributed by atoms with Crippen LogP contribution < -0.4 is 15.2 Å². The molecule has 0 aromatic heterocycles. The Bertz CT molecular complexity index is 973. The number of carbonyl (C=O) groups is 4. The van der Waals surface area contributed by atoms with Crippen LogP contribution in [0.1, 0.15) is 86.6 Å². The summed E-state index contributed by atoms with van der Waals surface area (Å²) in [5.74, 6) is -1.98. The summed E-state index contributed by atoms with van der Waals surface area (Å²) in [6, 6.07) is 4.63. The number of carbonyl (C=O) groups excluding carboxylic acids is 4. The van der Waals surface area contributed by atoms with Gasteiger partial charge in [-0.2, -0.15) is 0 Å². The van der Waals surface area contributed by atoms with Crippen molar-refractivity contribution in [1.29, 1.82) is 0 Å². The van der Waals surface area contributed by atoms with Crippen LogP contribution in [0, 0.1) is 10.8 Å². The zero-order valence-electron chi connectivity index (χ0n) is 23.7. The van der Waals surface area contributed by atoms with Crippen molar-refractivity contribution in [3.63, 3.8) is 0 Å². The van der Waals surface area contributed by atoms with Crippen molar-refractivity contribution >= 4 is 23.9 Å². The van der Waals surface area contributed by atoms with Crippen LogP contribution in [0.25, 0.3) is 0 Å². The Hall–Kier alpha value is -2.94. The molecule has 0 spiro atoms. The summed E-state index contributed by atoms with van der Waals surface area (Å²) in [4.78, 5) is 49.9. The van der Waals surface area contributed by atoms with E-state index in [1.165, 1.54) is 19.2 Å². The van der Waals surface area contributed by atoms with Gasteiger partial charge in [0.25, 0.3) is 0 Å². The monoisotopic (exact) mass is 521 g/mol. The van der Waals surface area contributed by atoms with Crippen molar-refractivity contribution in [2.75, 3.05) is 7.11 Å². The Labute approximate surface area is 220 Å². The predicted octanol–water partition coefficient (Wildman–Crippen LogP) is 4.51. The summed E-state index contributed by atoms with van der Waals surface area (Å²) in [5.41, 5.74) is 3.89. The molecule has 1 aromatic rings. The number of rotatable bonds is 11. The Morgan fingerprint density at radius 3 is 1.92 bits per heavy atom. The van der Waals surface area contributed by atoms with E-state index in [0.717, 1.165) is 6.42 Å². The number of hydrogen-bond acceptors (Lipinski definition) is 9. The van der Waals surface area contributed by atoms with Crippen molar-refractivity contribution in [3.8, 4) is 11.5 Å². The Balaban J connectivity index is 3.31. The van der Waals surface area contributed by atoms with Gasteiger partial charge in [0, 0.05) is 19.3 Å². The van der Waals surface area contributed by atoms with E-state index >= 15 is 0 Å². The van der Waals surface area contributed by atoms with E-state index in [1.54, 1.807) is 54.5 Å². The largest absolute Gasteiger partial charge is 0.468 e. The van der Waals surface area contributed by atoms with E-state index in [0.29, 0.717) is 12.0 Å². The minimum absolute atomic E-state index is 0.00934. The molecule has 0 bridgehead atoms. The standard InChI is InChI=1S/C28H43NO8/c1-10-11-12-22(30)35-18(2)16-28(29,25(33)34-9)17-19-13-14-20(36-23(31)26(3,4)5)21(15-19)37-24(32)27(6,7)8/h13-15,18H,10-12,16-17,29H2,1-9H3/t18-,28?/m0/s1. The molecule has 9 nitrogen and oxygen atoms in total. The van der Waals surface area contributed by atoms with Crippen LogP contribution in [0.3, 0.4) is 0 Å². The third kappa shape index (κ3) is 10.1. The number of hydrogen-bond donors (Lipinski definition) is 1. The lowest BCUT2D eigenvalue weighted by Gasteiger charge is -2.29. The fraction of sp³-hybridized carbons (Fsp3) is 0.643. The van der Waals surface area contributed by atoms with Crippen LogP contribution in [0.15, 0.2) is 18.2 Å². The van der Waals surface area contributed by atoms with Crippen LogP contribution in [-0.4, -0.2) is 42.6 Å². The molecule has 0 aliphatic rings. The van der Waals surface area contributed by atoms with E-state index in [1.807, 2.05) is 6.92 Å². The molecule has 2 atom stereocenters. The molecule has 37 heavy (non-hydrogen) atoms. The minimum Gasteiger partial charge on any atom is -0.468 e. The average Bonchev–Trinajstić information content (AvgIpc) is 2.77. The molecule has 0 amide bonds. The zero-order valence-corrected chi connectivity index (χ0v) is 23.7. The van der Waals surface area contributed by atoms with Gasteiger partial charge in [0.05, 0.1) is 17.9 Å². The lowest BCUT2D eigenvalue weighted by molar-refractivity contribution is -0.155. The first-order chi connectivity index (χ1) is 16.9. The number of benzene rings is 1. The lowest BCUT2D eigenvalue weighted by atomic mass is 9.86. The molecule has 0 aliphatic heterocycles. The summed E-state index contributed by atoms with van der Waals surface area (Å²) >= 11 is 0. The van der Waals surface area contributed by atoms with E-state index in [2.05, 4.69) is 0 Å². The van der Waals surface area contributed by atoms with Crippen molar-refractivity contribution in [2.45, 2.75) is 99.1 Å². The van der Waals surface area contributed by atoms with Gasteiger partial charge in [0.2, 0.25) is 0 Å². The maximum absolute atomic E-state index is 12.7. The van der Waals surface area contributed by atoms with Gasteiger partial charge in [-0.15, -0.1) is 0 Å². The summed E-state index contributed by atoms with van der Waals surface area (Å²) in [5, 5.41) is 0. The molecular weight excluding hydrogens is 478 g/mol. The smallest absolute Gasteiger partial charge is 0.326 e. The Morgan fingerprint density at radius 2 is 1.43 bits per heavy atom. The van der Waals surface area contributed by atoms with Crippen molar-refractivity contribution in [2.24, 2.45) is 16.6 Å². The van der Waals surface area contributed by atoms with Crippen LogP contribution in [0.2, 0.25) is 0 Å². The molecule has 0 radical (unpaired) electrons. The van der Waals surface area contributed by atoms with E-state index < -0.39 is 40.4 Å². The molecule has 0 saturated heterocycles. The van der Waals surface area contributed by atoms with E-state index in [9.17, 15) is 19.2 Å². The normalized spacial score (nSPS) is 14.2. The highest BCUT2D eigenvalue weighted by atomic mass is 16.6. The van der Waals surface area contributed by atoms with E-state index in [4.69, 9.17) is 24.7 Å². The third-order valence-electron chi connectivity index (χ3n) is 5.47. The van der Waals surface area contributed by atoms with Crippen molar-refractivity contribution in [3.05, 3.63) is 23.8 Å². The molecule has 0 saturated carbocycles. The van der Waals surface area contributed by atoms with Crippen LogP contribution in [0.4, 0.5) is 0 Å². The molecule has 2 N–H and O–H groups in total. The fourth-order valence-electron chi connectivity index (χ4n) is 3.29. The second-order valence-electron chi connectivity index (χ2n) is 11.5. The first-order valence-electron chi connectivity index (χ1n) is 12.6. The number of ether oxygens (including phenoxy) is 4. The van der Waals surface area contributed by atoms with Gasteiger partial charge in [-0.25, -0.2) is 0 Å². The molecule has 1 rings (SSSR count). The average molecular weight is 522 g/mol. The highest BCUT2D eigenvalue weighted by molar-refractivity contribution is 5.82. The van der Waals surface area contributed by atoms with Gasteiger partial charge in [-0.1, -0.05) is 19.4 Å². The first-order valence-corrected chi connectivity index (χ1v) is 12.6. The zero-order chi connectivity index (χ0) is 28.6.